The Morgan fingerprint density at radius 2 is 1.74 bits per heavy atom. The second-order valence-corrected chi connectivity index (χ2v) is 11.0. The number of halogens is 5. The third-order valence-corrected chi connectivity index (χ3v) is 8.84. The molecule has 2 fully saturated rings. The Labute approximate surface area is 236 Å². The highest BCUT2D eigenvalue weighted by Gasteiger charge is 2.53. The topological polar surface area (TPSA) is 78.2 Å². The first-order valence-corrected chi connectivity index (χ1v) is 13.6. The summed E-state index contributed by atoms with van der Waals surface area (Å²) in [5.41, 5.74) is 0.242. The highest BCUT2D eigenvalue weighted by molar-refractivity contribution is 5.96. The monoisotopic (exact) mass is 588 g/mol. The lowest BCUT2D eigenvalue weighted by molar-refractivity contribution is -0.189. The van der Waals surface area contributed by atoms with E-state index in [-0.39, 0.29) is 30.7 Å². The highest BCUT2D eigenvalue weighted by atomic mass is 19.4. The number of aromatic hydroxyl groups is 1. The Morgan fingerprint density at radius 1 is 0.952 bits per heavy atom. The van der Waals surface area contributed by atoms with Gasteiger partial charge in [0.1, 0.15) is 12.2 Å². The lowest BCUT2D eigenvalue weighted by Gasteiger charge is -2.53. The number of anilines is 1. The largest absolute Gasteiger partial charge is 0.502 e. The molecule has 1 amide bonds. The van der Waals surface area contributed by atoms with Crippen LogP contribution in [0, 0.1) is 17.6 Å². The molecule has 2 saturated heterocycles. The van der Waals surface area contributed by atoms with E-state index in [2.05, 4.69) is 0 Å². The molecule has 7 rings (SSSR count). The number of pyridine rings is 1. The predicted molar refractivity (Wildman–Crippen MR) is 140 cm³/mol. The molecule has 1 aromatic heterocycles. The minimum atomic E-state index is -4.54. The molecule has 220 valence electrons. The molecule has 4 atom stereocenters. The average molecular weight is 589 g/mol. The molecule has 1 N–H and O–H groups in total. The van der Waals surface area contributed by atoms with Gasteiger partial charge >= 0.3 is 6.18 Å². The van der Waals surface area contributed by atoms with Gasteiger partial charge in [0, 0.05) is 42.2 Å². The third-order valence-electron chi connectivity index (χ3n) is 8.84. The van der Waals surface area contributed by atoms with Crippen molar-refractivity contribution in [2.24, 2.45) is 5.92 Å². The van der Waals surface area contributed by atoms with E-state index in [1.54, 1.807) is 24.3 Å². The standard InChI is InChI=1S/C29H25F5N4O4/c30-18-6-5-17-23(24(18)31)20-14-42-12-11-35(20)19-4-2-1-3-16(19)25(17)38-22-13-15(29(32,33)34)7-9-36(22)28(41)26-27(40)21(39)8-10-37(26)38/h1-6,8,10,15,20,22,25,40H,7,9,11-14H2/t15?,20?,22-,25-/m1/s1. The number of nitrogens with zero attached hydrogens (tertiary/aromatic N) is 4. The number of hydrogen-bond acceptors (Lipinski definition) is 6. The van der Waals surface area contributed by atoms with Gasteiger partial charge in [-0.05, 0) is 30.5 Å². The number of aromatic nitrogens is 1. The van der Waals surface area contributed by atoms with Gasteiger partial charge in [0.25, 0.3) is 5.91 Å². The van der Waals surface area contributed by atoms with Gasteiger partial charge in [0.05, 0.1) is 25.2 Å². The van der Waals surface area contributed by atoms with Gasteiger partial charge in [-0.1, -0.05) is 24.3 Å². The van der Waals surface area contributed by atoms with Gasteiger partial charge in [-0.25, -0.2) is 8.78 Å². The Morgan fingerprint density at radius 3 is 2.52 bits per heavy atom. The number of morpholine rings is 1. The van der Waals surface area contributed by atoms with Crippen molar-refractivity contribution in [3.63, 3.8) is 0 Å². The molecular formula is C29H25F5N4O4. The van der Waals surface area contributed by atoms with E-state index in [1.165, 1.54) is 26.8 Å². The van der Waals surface area contributed by atoms with Gasteiger partial charge in [-0.15, -0.1) is 0 Å². The van der Waals surface area contributed by atoms with Crippen molar-refractivity contribution in [1.29, 1.82) is 0 Å². The number of carbonyl (C=O) groups excluding carboxylic acids is 1. The zero-order chi connectivity index (χ0) is 29.5. The van der Waals surface area contributed by atoms with Crippen LogP contribution >= 0.6 is 0 Å². The predicted octanol–water partition coefficient (Wildman–Crippen LogP) is 4.21. The Balaban J connectivity index is 1.54. The van der Waals surface area contributed by atoms with Crippen LogP contribution in [0.3, 0.4) is 0 Å². The fourth-order valence-corrected chi connectivity index (χ4v) is 6.94. The zero-order valence-electron chi connectivity index (χ0n) is 22.0. The average Bonchev–Trinajstić information content (AvgIpc) is 3.09. The van der Waals surface area contributed by atoms with Crippen LogP contribution in [0.4, 0.5) is 27.6 Å². The fraction of sp³-hybridized carbons (Fsp3) is 0.379. The van der Waals surface area contributed by atoms with Crippen molar-refractivity contribution in [1.82, 2.24) is 9.58 Å². The van der Waals surface area contributed by atoms with Crippen molar-refractivity contribution >= 4 is 11.6 Å². The van der Waals surface area contributed by atoms with E-state index < -0.39 is 71.2 Å². The molecule has 0 spiro atoms. The molecule has 4 aliphatic heterocycles. The summed E-state index contributed by atoms with van der Waals surface area (Å²) in [6.45, 7) is 0.427. The zero-order valence-corrected chi connectivity index (χ0v) is 22.0. The molecule has 0 aliphatic carbocycles. The van der Waals surface area contributed by atoms with Crippen LogP contribution in [0.1, 0.15) is 52.1 Å². The molecule has 42 heavy (non-hydrogen) atoms. The quantitative estimate of drug-likeness (QED) is 0.430. The summed E-state index contributed by atoms with van der Waals surface area (Å²) in [7, 11) is 0. The molecule has 0 bridgehead atoms. The van der Waals surface area contributed by atoms with Gasteiger partial charge in [-0.3, -0.25) is 19.3 Å². The molecule has 2 aromatic carbocycles. The van der Waals surface area contributed by atoms with Crippen LogP contribution in [-0.4, -0.2) is 59.2 Å². The number of piperidine rings is 1. The summed E-state index contributed by atoms with van der Waals surface area (Å²) in [5, 5.41) is 12.3. The summed E-state index contributed by atoms with van der Waals surface area (Å²) < 4.78 is 79.9. The van der Waals surface area contributed by atoms with Crippen LogP contribution in [0.5, 0.6) is 5.75 Å². The van der Waals surface area contributed by atoms with E-state index in [4.69, 9.17) is 4.74 Å². The molecule has 0 radical (unpaired) electrons. The molecule has 5 heterocycles. The first kappa shape index (κ1) is 26.7. The molecule has 13 heteroatoms. The van der Waals surface area contributed by atoms with E-state index >= 15 is 4.39 Å². The molecule has 4 aliphatic rings. The van der Waals surface area contributed by atoms with E-state index in [0.717, 1.165) is 12.1 Å². The van der Waals surface area contributed by atoms with Crippen molar-refractivity contribution in [3.05, 3.63) is 92.9 Å². The lowest BCUT2D eigenvalue weighted by Crippen LogP contribution is -2.65. The third kappa shape index (κ3) is 3.82. The van der Waals surface area contributed by atoms with Crippen molar-refractivity contribution in [3.8, 4) is 5.75 Å². The number of carbonyl (C=O) groups is 1. The minimum absolute atomic E-state index is 0.00523. The first-order chi connectivity index (χ1) is 20.1. The summed E-state index contributed by atoms with van der Waals surface area (Å²) in [4.78, 5) is 29.2. The van der Waals surface area contributed by atoms with Crippen LogP contribution in [-0.2, 0) is 4.74 Å². The van der Waals surface area contributed by atoms with E-state index in [9.17, 15) is 32.3 Å². The van der Waals surface area contributed by atoms with E-state index in [1.807, 2.05) is 4.90 Å². The van der Waals surface area contributed by atoms with Gasteiger partial charge in [-0.2, -0.15) is 13.2 Å². The molecule has 3 aromatic rings. The van der Waals surface area contributed by atoms with Crippen molar-refractivity contribution in [2.45, 2.75) is 37.3 Å². The summed E-state index contributed by atoms with van der Waals surface area (Å²) in [6, 6.07) is 8.68. The summed E-state index contributed by atoms with van der Waals surface area (Å²) >= 11 is 0. The van der Waals surface area contributed by atoms with Crippen molar-refractivity contribution in [2.75, 3.05) is 36.2 Å². The Kier molecular flexibility index (Phi) is 6.02. The SMILES string of the molecule is O=C1c2c(O)c(=O)ccn2N([C@@H]2c3ccccc3N3CCOCC3c3c2ccc(F)c3F)[C@@H]2CC(C(F)(F)F)CCN12. The van der Waals surface area contributed by atoms with Crippen molar-refractivity contribution < 1.29 is 36.6 Å². The Bertz CT molecular complexity index is 1660. The van der Waals surface area contributed by atoms with Crippen LogP contribution in [0.2, 0.25) is 0 Å². The smallest absolute Gasteiger partial charge is 0.392 e. The summed E-state index contributed by atoms with van der Waals surface area (Å²) in [5.74, 6) is -5.56. The van der Waals surface area contributed by atoms with Gasteiger partial charge < -0.3 is 19.6 Å². The van der Waals surface area contributed by atoms with Gasteiger partial charge in [0.15, 0.2) is 23.1 Å². The number of ether oxygens (including phenoxy) is 1. The second kappa shape index (κ2) is 9.45. The van der Waals surface area contributed by atoms with Crippen LogP contribution in [0.25, 0.3) is 0 Å². The van der Waals surface area contributed by atoms with E-state index in [0.29, 0.717) is 24.4 Å². The number of hydrogen-bond donors (Lipinski definition) is 1. The number of amides is 1. The number of rotatable bonds is 1. The maximum Gasteiger partial charge on any atom is 0.392 e. The maximum atomic E-state index is 15.8. The lowest BCUT2D eigenvalue weighted by atomic mass is 9.88. The number of alkyl halides is 3. The van der Waals surface area contributed by atoms with Crippen LogP contribution in [0.15, 0.2) is 53.5 Å². The molecule has 0 saturated carbocycles. The number of para-hydroxylation sites is 1. The minimum Gasteiger partial charge on any atom is -0.502 e. The van der Waals surface area contributed by atoms with Crippen LogP contribution < -0.4 is 15.3 Å². The number of fused-ring (bicyclic) bond motifs is 7. The normalized spacial score (nSPS) is 25.2. The maximum absolute atomic E-state index is 15.8. The highest BCUT2D eigenvalue weighted by Crippen LogP contribution is 2.49. The first-order valence-electron chi connectivity index (χ1n) is 13.6. The molecule has 2 unspecified atom stereocenters. The molecular weight excluding hydrogens is 563 g/mol. The van der Waals surface area contributed by atoms with Gasteiger partial charge in [0.2, 0.25) is 5.43 Å². The second-order valence-electron chi connectivity index (χ2n) is 11.0. The molecule has 8 nitrogen and oxygen atoms in total. The Hall–Kier alpha value is -4.13. The number of benzene rings is 2. The summed E-state index contributed by atoms with van der Waals surface area (Å²) in [6.07, 6.45) is -5.37. The fourth-order valence-electron chi connectivity index (χ4n) is 6.94.